The molecule has 24 heavy (non-hydrogen) atoms. The largest absolute Gasteiger partial charge is 0.475 e. The van der Waals surface area contributed by atoms with Gasteiger partial charge in [-0.2, -0.15) is 0 Å². The molecule has 1 atom stereocenters. The van der Waals surface area contributed by atoms with Crippen LogP contribution in [0, 0.1) is 0 Å². The Morgan fingerprint density at radius 2 is 1.88 bits per heavy atom. The number of benzene rings is 1. The zero-order valence-electron chi connectivity index (χ0n) is 13.2. The van der Waals surface area contributed by atoms with Crippen LogP contribution in [0.15, 0.2) is 46.9 Å². The van der Waals surface area contributed by atoms with Crippen LogP contribution in [-0.4, -0.2) is 41.1 Å². The summed E-state index contributed by atoms with van der Waals surface area (Å²) in [4.78, 5) is 25.3. The van der Waals surface area contributed by atoms with Crippen molar-refractivity contribution in [1.82, 2.24) is 4.90 Å². The summed E-state index contributed by atoms with van der Waals surface area (Å²) in [6, 6.07) is 12.3. The van der Waals surface area contributed by atoms with Gasteiger partial charge in [-0.05, 0) is 30.5 Å². The van der Waals surface area contributed by atoms with E-state index in [9.17, 15) is 9.59 Å². The number of hydrogen-bond donors (Lipinski definition) is 1. The highest BCUT2D eigenvalue weighted by molar-refractivity contribution is 5.93. The van der Waals surface area contributed by atoms with E-state index in [1.165, 1.54) is 12.1 Å². The quantitative estimate of drug-likeness (QED) is 0.881. The van der Waals surface area contributed by atoms with Crippen molar-refractivity contribution in [1.29, 1.82) is 0 Å². The molecule has 1 aliphatic rings. The first-order valence-corrected chi connectivity index (χ1v) is 7.91. The van der Waals surface area contributed by atoms with Crippen molar-refractivity contribution in [2.24, 2.45) is 0 Å². The van der Waals surface area contributed by atoms with Crippen molar-refractivity contribution in [3.05, 3.63) is 59.5 Å². The first kappa shape index (κ1) is 16.3. The average Bonchev–Trinajstić information content (AvgIpc) is 3.26. The Hall–Kier alpha value is -2.60. The Balaban J connectivity index is 1.78. The number of nitrogens with zero attached hydrogens (tertiary/aromatic N) is 1. The van der Waals surface area contributed by atoms with E-state index in [0.717, 1.165) is 18.4 Å². The fourth-order valence-corrected chi connectivity index (χ4v) is 2.78. The summed E-state index contributed by atoms with van der Waals surface area (Å²) in [6.45, 7) is 1.58. The van der Waals surface area contributed by atoms with Crippen molar-refractivity contribution < 1.29 is 23.8 Å². The lowest BCUT2D eigenvalue weighted by atomic mass is 10.1. The number of furan rings is 1. The van der Waals surface area contributed by atoms with Crippen molar-refractivity contribution >= 4 is 11.9 Å². The Morgan fingerprint density at radius 1 is 1.12 bits per heavy atom. The number of hydrogen-bond acceptors (Lipinski definition) is 4. The summed E-state index contributed by atoms with van der Waals surface area (Å²) in [5.74, 6) is -1.74. The van der Waals surface area contributed by atoms with E-state index in [1.54, 1.807) is 4.90 Å². The van der Waals surface area contributed by atoms with Crippen molar-refractivity contribution in [3.63, 3.8) is 0 Å². The van der Waals surface area contributed by atoms with Gasteiger partial charge in [0.25, 0.3) is 5.91 Å². The molecule has 1 amide bonds. The van der Waals surface area contributed by atoms with Gasteiger partial charge in [0.2, 0.25) is 5.76 Å². The summed E-state index contributed by atoms with van der Waals surface area (Å²) in [6.07, 6.45) is 1.91. The van der Waals surface area contributed by atoms with Gasteiger partial charge in [-0.25, -0.2) is 4.79 Å². The molecular formula is C18H19NO5. The van der Waals surface area contributed by atoms with Gasteiger partial charge in [0, 0.05) is 19.7 Å². The highest BCUT2D eigenvalue weighted by Gasteiger charge is 2.26. The molecule has 126 valence electrons. The number of ether oxygens (including phenoxy) is 1. The van der Waals surface area contributed by atoms with E-state index in [1.807, 2.05) is 30.3 Å². The Bertz CT molecular complexity index is 703. The molecule has 0 unspecified atom stereocenters. The summed E-state index contributed by atoms with van der Waals surface area (Å²) in [7, 11) is 0. The molecule has 1 aliphatic heterocycles. The van der Waals surface area contributed by atoms with E-state index < -0.39 is 5.97 Å². The van der Waals surface area contributed by atoms with Gasteiger partial charge >= 0.3 is 5.97 Å². The summed E-state index contributed by atoms with van der Waals surface area (Å²) < 4.78 is 10.8. The van der Waals surface area contributed by atoms with Crippen molar-refractivity contribution in [2.75, 3.05) is 13.2 Å². The molecule has 0 bridgehead atoms. The third-order valence-corrected chi connectivity index (χ3v) is 3.98. The van der Waals surface area contributed by atoms with Crippen LogP contribution in [-0.2, 0) is 11.3 Å². The maximum Gasteiger partial charge on any atom is 0.371 e. The van der Waals surface area contributed by atoms with Crippen molar-refractivity contribution in [3.8, 4) is 0 Å². The minimum absolute atomic E-state index is 0.00608. The molecule has 1 aromatic heterocycles. The third-order valence-electron chi connectivity index (χ3n) is 3.98. The van der Waals surface area contributed by atoms with Crippen LogP contribution in [0.1, 0.15) is 39.5 Å². The SMILES string of the molecule is O=C(O)c1ccc(C(=O)N(Cc2ccccc2)C[C@H]2CCCO2)o1. The van der Waals surface area contributed by atoms with Gasteiger partial charge in [-0.1, -0.05) is 30.3 Å². The molecule has 1 N–H and O–H groups in total. The molecule has 1 aromatic carbocycles. The first-order chi connectivity index (χ1) is 11.6. The predicted molar refractivity (Wildman–Crippen MR) is 85.8 cm³/mol. The highest BCUT2D eigenvalue weighted by Crippen LogP contribution is 2.18. The van der Waals surface area contributed by atoms with Crippen LogP contribution < -0.4 is 0 Å². The molecule has 6 heteroatoms. The minimum atomic E-state index is -1.19. The van der Waals surface area contributed by atoms with Crippen LogP contribution in [0.4, 0.5) is 0 Å². The number of carboxylic acid groups (broad SMARTS) is 1. The Morgan fingerprint density at radius 3 is 2.50 bits per heavy atom. The van der Waals surface area contributed by atoms with Crippen molar-refractivity contribution in [2.45, 2.75) is 25.5 Å². The van der Waals surface area contributed by atoms with Gasteiger partial charge in [0.1, 0.15) is 0 Å². The van der Waals surface area contributed by atoms with Crippen LogP contribution >= 0.6 is 0 Å². The molecule has 0 radical (unpaired) electrons. The number of aromatic carboxylic acids is 1. The van der Waals surface area contributed by atoms with Crippen LogP contribution in [0.3, 0.4) is 0 Å². The third kappa shape index (κ3) is 3.83. The zero-order valence-corrected chi connectivity index (χ0v) is 13.2. The van der Waals surface area contributed by atoms with E-state index >= 15 is 0 Å². The average molecular weight is 329 g/mol. The van der Waals surface area contributed by atoms with Gasteiger partial charge < -0.3 is 19.2 Å². The molecule has 2 heterocycles. The van der Waals surface area contributed by atoms with Gasteiger partial charge in [0.15, 0.2) is 5.76 Å². The van der Waals surface area contributed by atoms with Crippen LogP contribution in [0.5, 0.6) is 0 Å². The number of amides is 1. The van der Waals surface area contributed by atoms with Crippen LogP contribution in [0.25, 0.3) is 0 Å². The second-order valence-corrected chi connectivity index (χ2v) is 5.78. The molecule has 3 rings (SSSR count). The first-order valence-electron chi connectivity index (χ1n) is 7.91. The zero-order chi connectivity index (χ0) is 16.9. The summed E-state index contributed by atoms with van der Waals surface area (Å²) >= 11 is 0. The van der Waals surface area contributed by atoms with Gasteiger partial charge in [-0.3, -0.25) is 4.79 Å². The van der Waals surface area contributed by atoms with Gasteiger partial charge in [-0.15, -0.1) is 0 Å². The van der Waals surface area contributed by atoms with E-state index in [2.05, 4.69) is 0 Å². The number of carbonyl (C=O) groups excluding carboxylic acids is 1. The summed E-state index contributed by atoms with van der Waals surface area (Å²) in [5, 5.41) is 8.94. The fourth-order valence-electron chi connectivity index (χ4n) is 2.78. The molecule has 2 aromatic rings. The Labute approximate surface area is 139 Å². The topological polar surface area (TPSA) is 80.0 Å². The molecule has 0 spiro atoms. The van der Waals surface area contributed by atoms with E-state index in [-0.39, 0.29) is 23.5 Å². The smallest absolute Gasteiger partial charge is 0.371 e. The second-order valence-electron chi connectivity index (χ2n) is 5.78. The number of carboxylic acids is 1. The highest BCUT2D eigenvalue weighted by atomic mass is 16.5. The lowest BCUT2D eigenvalue weighted by molar-refractivity contribution is 0.0479. The molecule has 1 saturated heterocycles. The van der Waals surface area contributed by atoms with E-state index in [0.29, 0.717) is 19.7 Å². The molecule has 1 fully saturated rings. The molecular weight excluding hydrogens is 310 g/mol. The normalized spacial score (nSPS) is 16.9. The monoisotopic (exact) mass is 329 g/mol. The van der Waals surface area contributed by atoms with Crippen LogP contribution in [0.2, 0.25) is 0 Å². The lowest BCUT2D eigenvalue weighted by Gasteiger charge is -2.24. The maximum absolute atomic E-state index is 12.8. The maximum atomic E-state index is 12.8. The number of carbonyl (C=O) groups is 2. The summed E-state index contributed by atoms with van der Waals surface area (Å²) in [5.41, 5.74) is 0.994. The standard InChI is InChI=1S/C18H19NO5/c20-17(15-8-9-16(24-15)18(21)22)19(12-14-7-4-10-23-14)11-13-5-2-1-3-6-13/h1-3,5-6,8-9,14H,4,7,10-12H2,(H,21,22)/t14-/m1/s1. The molecule has 0 saturated carbocycles. The molecule has 0 aliphatic carbocycles. The second kappa shape index (κ2) is 7.31. The lowest BCUT2D eigenvalue weighted by Crippen LogP contribution is -2.36. The Kier molecular flexibility index (Phi) is 4.96. The fraction of sp³-hybridized carbons (Fsp3) is 0.333. The number of rotatable bonds is 6. The van der Waals surface area contributed by atoms with Gasteiger partial charge in [0.05, 0.1) is 6.10 Å². The predicted octanol–water partition coefficient (Wildman–Crippen LogP) is 2.80. The minimum Gasteiger partial charge on any atom is -0.475 e. The van der Waals surface area contributed by atoms with E-state index in [4.69, 9.17) is 14.3 Å². The molecule has 6 nitrogen and oxygen atoms in total.